The molecule has 0 bridgehead atoms. The van der Waals surface area contributed by atoms with Gasteiger partial charge < -0.3 is 0 Å². The Hall–Kier alpha value is -1.15. The molecule has 0 spiro atoms. The third kappa shape index (κ3) is 2.95. The summed E-state index contributed by atoms with van der Waals surface area (Å²) in [5.41, 5.74) is 0.784. The molecule has 1 rings (SSSR count). The lowest BCUT2D eigenvalue weighted by Crippen LogP contribution is -2.02. The fourth-order valence-electron chi connectivity index (χ4n) is 1.76. The topological polar surface area (TPSA) is 23.8 Å². The highest BCUT2D eigenvalue weighted by Gasteiger charge is 2.18. The van der Waals surface area contributed by atoms with Crippen LogP contribution in [-0.4, -0.2) is 5.76 Å². The molecule has 92 valence electrons. The number of nitrogens with zero attached hydrogens (tertiary/aromatic N) is 1. The maximum absolute atomic E-state index is 13.8. The van der Waals surface area contributed by atoms with E-state index in [-0.39, 0.29) is 5.56 Å². The Morgan fingerprint density at radius 3 is 2.29 bits per heavy atom. The third-order valence-corrected chi connectivity index (χ3v) is 3.28. The Morgan fingerprint density at radius 2 is 1.88 bits per heavy atom. The molecule has 0 amide bonds. The molecule has 1 aromatic rings. The standard InChI is InChI=1S/C12H12F3NS/c1-3-8-9(4-2)11(13)7(6-16)5-10(8)17-12(14)15/h5,12H,3-4H2,1-2H3. The summed E-state index contributed by atoms with van der Waals surface area (Å²) < 4.78 is 38.6. The Balaban J connectivity index is 3.43. The average Bonchev–Trinajstić information content (AvgIpc) is 2.29. The highest BCUT2D eigenvalue weighted by molar-refractivity contribution is 7.99. The fraction of sp³-hybridized carbons (Fsp3) is 0.417. The number of nitriles is 1. The number of rotatable bonds is 4. The summed E-state index contributed by atoms with van der Waals surface area (Å²) in [6.07, 6.45) is 0.863. The molecular weight excluding hydrogens is 247 g/mol. The predicted molar refractivity (Wildman–Crippen MR) is 61.7 cm³/mol. The molecule has 0 aliphatic carbocycles. The van der Waals surface area contributed by atoms with Crippen molar-refractivity contribution in [3.8, 4) is 6.07 Å². The van der Waals surface area contributed by atoms with Crippen LogP contribution in [0.1, 0.15) is 30.5 Å². The van der Waals surface area contributed by atoms with Crippen molar-refractivity contribution < 1.29 is 13.2 Å². The van der Waals surface area contributed by atoms with Gasteiger partial charge in [-0.2, -0.15) is 14.0 Å². The zero-order valence-electron chi connectivity index (χ0n) is 9.56. The summed E-state index contributed by atoms with van der Waals surface area (Å²) in [6, 6.07) is 2.91. The Kier molecular flexibility index (Phi) is 4.88. The lowest BCUT2D eigenvalue weighted by atomic mass is 9.99. The molecule has 5 heteroatoms. The van der Waals surface area contributed by atoms with Crippen LogP contribution in [0.3, 0.4) is 0 Å². The molecule has 0 aliphatic heterocycles. The van der Waals surface area contributed by atoms with Gasteiger partial charge in [-0.25, -0.2) is 4.39 Å². The number of hydrogen-bond donors (Lipinski definition) is 0. The van der Waals surface area contributed by atoms with Gasteiger partial charge in [-0.05, 0) is 30.0 Å². The van der Waals surface area contributed by atoms with Crippen LogP contribution in [0.15, 0.2) is 11.0 Å². The molecule has 17 heavy (non-hydrogen) atoms. The van der Waals surface area contributed by atoms with Gasteiger partial charge in [0.05, 0.1) is 5.56 Å². The van der Waals surface area contributed by atoms with Crippen molar-refractivity contribution in [2.75, 3.05) is 0 Å². The highest BCUT2D eigenvalue weighted by atomic mass is 32.2. The van der Waals surface area contributed by atoms with Crippen LogP contribution >= 0.6 is 11.8 Å². The second-order valence-electron chi connectivity index (χ2n) is 3.39. The zero-order chi connectivity index (χ0) is 13.0. The minimum absolute atomic E-state index is 0.165. The highest BCUT2D eigenvalue weighted by Crippen LogP contribution is 2.33. The van der Waals surface area contributed by atoms with Gasteiger partial charge in [-0.1, -0.05) is 25.6 Å². The van der Waals surface area contributed by atoms with Crippen molar-refractivity contribution in [2.24, 2.45) is 0 Å². The molecule has 0 radical (unpaired) electrons. The maximum atomic E-state index is 13.8. The van der Waals surface area contributed by atoms with Gasteiger partial charge in [0, 0.05) is 4.90 Å². The van der Waals surface area contributed by atoms with Crippen LogP contribution in [0.5, 0.6) is 0 Å². The lowest BCUT2D eigenvalue weighted by Gasteiger charge is -2.14. The van der Waals surface area contributed by atoms with E-state index < -0.39 is 11.6 Å². The zero-order valence-corrected chi connectivity index (χ0v) is 10.4. The van der Waals surface area contributed by atoms with E-state index in [1.165, 1.54) is 6.07 Å². The molecule has 0 saturated heterocycles. The summed E-state index contributed by atoms with van der Waals surface area (Å²) >= 11 is 0.366. The van der Waals surface area contributed by atoms with Gasteiger partial charge in [0.25, 0.3) is 5.76 Å². The van der Waals surface area contributed by atoms with E-state index in [2.05, 4.69) is 0 Å². The van der Waals surface area contributed by atoms with Gasteiger partial charge in [0.15, 0.2) is 0 Å². The van der Waals surface area contributed by atoms with Gasteiger partial charge in [0.2, 0.25) is 0 Å². The third-order valence-electron chi connectivity index (χ3n) is 2.48. The molecule has 0 N–H and O–H groups in total. The first-order valence-electron chi connectivity index (χ1n) is 5.24. The van der Waals surface area contributed by atoms with Crippen LogP contribution < -0.4 is 0 Å². The Labute approximate surface area is 103 Å². The quantitative estimate of drug-likeness (QED) is 0.759. The maximum Gasteiger partial charge on any atom is 0.288 e. The average molecular weight is 259 g/mol. The molecule has 1 aromatic carbocycles. The van der Waals surface area contributed by atoms with Crippen molar-refractivity contribution in [3.63, 3.8) is 0 Å². The number of thioether (sulfide) groups is 1. The molecule has 0 atom stereocenters. The predicted octanol–water partition coefficient (Wildman–Crippen LogP) is 4.14. The molecule has 1 nitrogen and oxygen atoms in total. The molecule has 0 saturated carbocycles. The van der Waals surface area contributed by atoms with E-state index in [4.69, 9.17) is 5.26 Å². The van der Waals surface area contributed by atoms with Crippen LogP contribution in [0.25, 0.3) is 0 Å². The minimum Gasteiger partial charge on any atom is -0.205 e. The number of hydrogen-bond acceptors (Lipinski definition) is 2. The second-order valence-corrected chi connectivity index (χ2v) is 4.42. The largest absolute Gasteiger partial charge is 0.288 e. The SMILES string of the molecule is CCc1c(SC(F)F)cc(C#N)c(F)c1CC. The van der Waals surface area contributed by atoms with Crippen molar-refractivity contribution in [2.45, 2.75) is 37.3 Å². The van der Waals surface area contributed by atoms with Crippen LogP contribution in [0.4, 0.5) is 13.2 Å². The Bertz CT molecular complexity index is 452. The molecule has 0 heterocycles. The van der Waals surface area contributed by atoms with Crippen LogP contribution in [0, 0.1) is 17.1 Å². The van der Waals surface area contributed by atoms with Crippen molar-refractivity contribution in [1.82, 2.24) is 0 Å². The molecular formula is C12H12F3NS. The van der Waals surface area contributed by atoms with Gasteiger partial charge >= 0.3 is 0 Å². The first kappa shape index (κ1) is 13.9. The van der Waals surface area contributed by atoms with Gasteiger partial charge in [-0.3, -0.25) is 0 Å². The number of benzene rings is 1. The van der Waals surface area contributed by atoms with E-state index in [1.54, 1.807) is 19.9 Å². The minimum atomic E-state index is -2.57. The lowest BCUT2D eigenvalue weighted by molar-refractivity contribution is 0.252. The number of alkyl halides is 2. The first-order valence-corrected chi connectivity index (χ1v) is 6.12. The molecule has 0 unspecified atom stereocenters. The summed E-state index contributed by atoms with van der Waals surface area (Å²) in [6.45, 7) is 3.53. The van der Waals surface area contributed by atoms with E-state index in [0.29, 0.717) is 40.6 Å². The van der Waals surface area contributed by atoms with Crippen molar-refractivity contribution in [3.05, 3.63) is 28.6 Å². The summed E-state index contributed by atoms with van der Waals surface area (Å²) in [5, 5.41) is 8.77. The summed E-state index contributed by atoms with van der Waals surface area (Å²) in [7, 11) is 0. The first-order chi connectivity index (χ1) is 8.04. The number of halogens is 3. The van der Waals surface area contributed by atoms with Crippen LogP contribution in [0.2, 0.25) is 0 Å². The van der Waals surface area contributed by atoms with E-state index in [0.717, 1.165) is 0 Å². The molecule has 0 fully saturated rings. The smallest absolute Gasteiger partial charge is 0.205 e. The molecule has 0 aromatic heterocycles. The summed E-state index contributed by atoms with van der Waals surface area (Å²) in [4.78, 5) is 0.303. The summed E-state index contributed by atoms with van der Waals surface area (Å²) in [5.74, 6) is -3.15. The van der Waals surface area contributed by atoms with Crippen LogP contribution in [-0.2, 0) is 12.8 Å². The normalized spacial score (nSPS) is 10.6. The molecule has 0 aliphatic rings. The van der Waals surface area contributed by atoms with E-state index >= 15 is 0 Å². The van der Waals surface area contributed by atoms with Gasteiger partial charge in [0.1, 0.15) is 11.9 Å². The van der Waals surface area contributed by atoms with Crippen molar-refractivity contribution in [1.29, 1.82) is 5.26 Å². The Morgan fingerprint density at radius 1 is 1.29 bits per heavy atom. The monoisotopic (exact) mass is 259 g/mol. The van der Waals surface area contributed by atoms with E-state index in [9.17, 15) is 13.2 Å². The van der Waals surface area contributed by atoms with E-state index in [1.807, 2.05) is 0 Å². The van der Waals surface area contributed by atoms with Gasteiger partial charge in [-0.15, -0.1) is 0 Å². The van der Waals surface area contributed by atoms with Crippen molar-refractivity contribution >= 4 is 11.8 Å². The fourth-order valence-corrected chi connectivity index (χ4v) is 2.55. The second kappa shape index (κ2) is 5.97.